The van der Waals surface area contributed by atoms with Crippen molar-refractivity contribution in [3.05, 3.63) is 11.6 Å². The molecule has 1 saturated heterocycles. The highest BCUT2D eigenvalue weighted by Crippen LogP contribution is 2.08. The average Bonchev–Trinajstić information content (AvgIpc) is 2.03. The monoisotopic (exact) mass is 175 g/mol. The fraction of sp³-hybridized carbons (Fsp3) is 0.750. The molecule has 1 N–H and O–H groups in total. The predicted octanol–water partition coefficient (Wildman–Crippen LogP) is 1.51. The summed E-state index contributed by atoms with van der Waals surface area (Å²) in [6.07, 6.45) is 2.66. The molecule has 1 aliphatic heterocycles. The van der Waals surface area contributed by atoms with Crippen molar-refractivity contribution in [2.45, 2.75) is 18.9 Å². The molecule has 1 heterocycles. The van der Waals surface area contributed by atoms with Crippen LogP contribution >= 0.6 is 11.6 Å². The number of nitrogens with one attached hydrogen (secondary N) is 1. The molecule has 0 bridgehead atoms. The summed E-state index contributed by atoms with van der Waals surface area (Å²) < 4.78 is 5.45. The zero-order valence-electron chi connectivity index (χ0n) is 6.61. The third-order valence-electron chi connectivity index (χ3n) is 1.73. The normalized spacial score (nSPS) is 25.0. The Morgan fingerprint density at radius 3 is 3.09 bits per heavy atom. The molecular weight excluding hydrogens is 162 g/mol. The van der Waals surface area contributed by atoms with Gasteiger partial charge in [-0.05, 0) is 19.4 Å². The summed E-state index contributed by atoms with van der Waals surface area (Å²) in [5, 5.41) is 3.84. The van der Waals surface area contributed by atoms with Gasteiger partial charge in [-0.25, -0.2) is 0 Å². The molecular formula is C8H14ClNO. The van der Waals surface area contributed by atoms with Crippen molar-refractivity contribution in [1.82, 2.24) is 5.32 Å². The third kappa shape index (κ3) is 3.75. The first kappa shape index (κ1) is 9.04. The molecule has 64 valence electrons. The summed E-state index contributed by atoms with van der Waals surface area (Å²) in [7, 11) is 0. The van der Waals surface area contributed by atoms with E-state index in [1.807, 2.05) is 0 Å². The Hall–Kier alpha value is -0.0500. The van der Waals surface area contributed by atoms with Gasteiger partial charge in [0.05, 0.1) is 12.7 Å². The van der Waals surface area contributed by atoms with Crippen LogP contribution < -0.4 is 5.32 Å². The third-order valence-corrected chi connectivity index (χ3v) is 1.84. The van der Waals surface area contributed by atoms with Crippen LogP contribution in [0.3, 0.4) is 0 Å². The van der Waals surface area contributed by atoms with Crippen LogP contribution in [-0.2, 0) is 4.74 Å². The van der Waals surface area contributed by atoms with Gasteiger partial charge in [0.2, 0.25) is 0 Å². The van der Waals surface area contributed by atoms with Crippen molar-refractivity contribution in [1.29, 1.82) is 0 Å². The molecule has 0 spiro atoms. The topological polar surface area (TPSA) is 21.3 Å². The summed E-state index contributed by atoms with van der Waals surface area (Å²) in [6.45, 7) is 6.10. The molecule has 0 aromatic rings. The maximum Gasteiger partial charge on any atom is 0.0821 e. The van der Waals surface area contributed by atoms with Crippen LogP contribution in [0.4, 0.5) is 0 Å². The first-order valence-corrected chi connectivity index (χ1v) is 4.32. The summed E-state index contributed by atoms with van der Waals surface area (Å²) in [5.74, 6) is 0. The lowest BCUT2D eigenvalue weighted by molar-refractivity contribution is 0.0544. The molecule has 0 aromatic heterocycles. The van der Waals surface area contributed by atoms with Gasteiger partial charge in [-0.2, -0.15) is 0 Å². The number of piperidine rings is 1. The Labute approximate surface area is 72.6 Å². The number of hydrogen-bond donors (Lipinski definition) is 1. The van der Waals surface area contributed by atoms with Crippen LogP contribution in [0.2, 0.25) is 0 Å². The Kier molecular flexibility index (Phi) is 3.91. The molecule has 1 atom stereocenters. The van der Waals surface area contributed by atoms with E-state index in [0.717, 1.165) is 19.5 Å². The van der Waals surface area contributed by atoms with Crippen molar-refractivity contribution in [3.8, 4) is 0 Å². The molecule has 2 nitrogen and oxygen atoms in total. The van der Waals surface area contributed by atoms with Gasteiger partial charge in [0, 0.05) is 11.6 Å². The van der Waals surface area contributed by atoms with E-state index in [2.05, 4.69) is 11.9 Å². The van der Waals surface area contributed by atoms with E-state index >= 15 is 0 Å². The van der Waals surface area contributed by atoms with Gasteiger partial charge in [0.1, 0.15) is 0 Å². The minimum Gasteiger partial charge on any atom is -0.371 e. The zero-order chi connectivity index (χ0) is 8.10. The number of hydrogen-bond acceptors (Lipinski definition) is 2. The standard InChI is InChI=1S/C8H14ClNO/c1-7(9)6-11-8-3-2-4-10-5-8/h8,10H,1-6H2/t8-/m0/s1. The molecule has 0 aliphatic carbocycles. The quantitative estimate of drug-likeness (QED) is 0.702. The van der Waals surface area contributed by atoms with Crippen LogP contribution in [0.1, 0.15) is 12.8 Å². The maximum absolute atomic E-state index is 5.56. The SMILES string of the molecule is C=C(Cl)CO[C@H]1CCCNC1. The number of halogens is 1. The largest absolute Gasteiger partial charge is 0.371 e. The maximum atomic E-state index is 5.56. The Morgan fingerprint density at radius 1 is 1.73 bits per heavy atom. The minimum absolute atomic E-state index is 0.333. The van der Waals surface area contributed by atoms with Crippen molar-refractivity contribution in [2.24, 2.45) is 0 Å². The summed E-state index contributed by atoms with van der Waals surface area (Å²) in [5.41, 5.74) is 0. The predicted molar refractivity (Wildman–Crippen MR) is 46.8 cm³/mol. The highest BCUT2D eigenvalue weighted by molar-refractivity contribution is 6.29. The molecule has 1 fully saturated rings. The molecule has 3 heteroatoms. The van der Waals surface area contributed by atoms with Crippen molar-refractivity contribution >= 4 is 11.6 Å². The highest BCUT2D eigenvalue weighted by atomic mass is 35.5. The number of ether oxygens (including phenoxy) is 1. The Balaban J connectivity index is 2.09. The minimum atomic E-state index is 0.333. The van der Waals surface area contributed by atoms with Crippen molar-refractivity contribution in [2.75, 3.05) is 19.7 Å². The smallest absolute Gasteiger partial charge is 0.0821 e. The van der Waals surface area contributed by atoms with Gasteiger partial charge >= 0.3 is 0 Å². The molecule has 0 unspecified atom stereocenters. The summed E-state index contributed by atoms with van der Waals surface area (Å²) >= 11 is 5.56. The van der Waals surface area contributed by atoms with Crippen LogP contribution in [0.25, 0.3) is 0 Å². The molecule has 0 saturated carbocycles. The second kappa shape index (κ2) is 4.75. The highest BCUT2D eigenvalue weighted by Gasteiger charge is 2.12. The molecule has 0 radical (unpaired) electrons. The van der Waals surface area contributed by atoms with E-state index in [-0.39, 0.29) is 0 Å². The van der Waals surface area contributed by atoms with E-state index in [1.54, 1.807) is 0 Å². The lowest BCUT2D eigenvalue weighted by Gasteiger charge is -2.22. The Morgan fingerprint density at radius 2 is 2.55 bits per heavy atom. The van der Waals surface area contributed by atoms with Crippen molar-refractivity contribution < 1.29 is 4.74 Å². The van der Waals surface area contributed by atoms with E-state index in [9.17, 15) is 0 Å². The van der Waals surface area contributed by atoms with E-state index < -0.39 is 0 Å². The summed E-state index contributed by atoms with van der Waals surface area (Å²) in [4.78, 5) is 0. The average molecular weight is 176 g/mol. The second-order valence-electron chi connectivity index (χ2n) is 2.80. The van der Waals surface area contributed by atoms with Gasteiger partial charge in [0.25, 0.3) is 0 Å². The molecule has 1 rings (SSSR count). The number of rotatable bonds is 3. The van der Waals surface area contributed by atoms with Gasteiger partial charge in [-0.3, -0.25) is 0 Å². The van der Waals surface area contributed by atoms with Crippen LogP contribution in [-0.4, -0.2) is 25.8 Å². The van der Waals surface area contributed by atoms with Crippen LogP contribution in [0.15, 0.2) is 11.6 Å². The van der Waals surface area contributed by atoms with Gasteiger partial charge in [0.15, 0.2) is 0 Å². The Bertz CT molecular complexity index is 132. The van der Waals surface area contributed by atoms with Gasteiger partial charge in [-0.15, -0.1) is 0 Å². The molecule has 1 aliphatic rings. The molecule has 0 aromatic carbocycles. The van der Waals surface area contributed by atoms with E-state index in [1.165, 1.54) is 6.42 Å². The fourth-order valence-corrected chi connectivity index (χ4v) is 1.23. The fourth-order valence-electron chi connectivity index (χ4n) is 1.17. The molecule has 11 heavy (non-hydrogen) atoms. The van der Waals surface area contributed by atoms with Crippen molar-refractivity contribution in [3.63, 3.8) is 0 Å². The summed E-state index contributed by atoms with van der Waals surface area (Å²) in [6, 6.07) is 0. The lowest BCUT2D eigenvalue weighted by atomic mass is 10.1. The van der Waals surface area contributed by atoms with E-state index in [0.29, 0.717) is 17.7 Å². The zero-order valence-corrected chi connectivity index (χ0v) is 7.36. The van der Waals surface area contributed by atoms with Crippen LogP contribution in [0.5, 0.6) is 0 Å². The van der Waals surface area contributed by atoms with Crippen LogP contribution in [0, 0.1) is 0 Å². The second-order valence-corrected chi connectivity index (χ2v) is 3.33. The van der Waals surface area contributed by atoms with E-state index in [4.69, 9.17) is 16.3 Å². The first-order valence-electron chi connectivity index (χ1n) is 3.94. The van der Waals surface area contributed by atoms with Gasteiger partial charge in [-0.1, -0.05) is 18.2 Å². The molecule has 0 amide bonds. The first-order chi connectivity index (χ1) is 5.29. The van der Waals surface area contributed by atoms with Gasteiger partial charge < -0.3 is 10.1 Å². The lowest BCUT2D eigenvalue weighted by Crippen LogP contribution is -2.35.